The van der Waals surface area contributed by atoms with Crippen LogP contribution in [0.3, 0.4) is 0 Å². The number of hydrogen-bond donors (Lipinski definition) is 0. The van der Waals surface area contributed by atoms with Gasteiger partial charge in [-0.05, 0) is 42.0 Å². The number of halogens is 3. The third-order valence-corrected chi connectivity index (χ3v) is 5.00. The van der Waals surface area contributed by atoms with Crippen LogP contribution in [0.25, 0.3) is 0 Å². The van der Waals surface area contributed by atoms with Gasteiger partial charge in [-0.15, -0.1) is 11.8 Å². The average Bonchev–Trinajstić information content (AvgIpc) is 2.86. The van der Waals surface area contributed by atoms with Crippen molar-refractivity contribution in [1.29, 1.82) is 0 Å². The Bertz CT molecular complexity index is 848. The van der Waals surface area contributed by atoms with E-state index in [0.29, 0.717) is 10.5 Å². The van der Waals surface area contributed by atoms with Gasteiger partial charge in [0.05, 0.1) is 17.7 Å². The van der Waals surface area contributed by atoms with Crippen molar-refractivity contribution in [1.82, 2.24) is 0 Å². The number of alkyl halides is 3. The molecule has 130 valence electrons. The molecule has 2 aromatic carbocycles. The highest BCUT2D eigenvalue weighted by Crippen LogP contribution is 2.32. The Morgan fingerprint density at radius 1 is 1.20 bits per heavy atom. The molecule has 0 saturated heterocycles. The Hall–Kier alpha value is -2.28. The molecule has 0 spiro atoms. The Balaban J connectivity index is 1.70. The molecule has 0 N–H and O–H groups in total. The zero-order valence-electron chi connectivity index (χ0n) is 13.3. The van der Waals surface area contributed by atoms with E-state index in [-0.39, 0.29) is 23.9 Å². The largest absolute Gasteiger partial charge is 0.416 e. The number of carbonyl (C=O) groups is 2. The maximum Gasteiger partial charge on any atom is 0.416 e. The highest BCUT2D eigenvalue weighted by molar-refractivity contribution is 8.00. The van der Waals surface area contributed by atoms with Gasteiger partial charge in [0.2, 0.25) is 5.91 Å². The Morgan fingerprint density at radius 2 is 1.96 bits per heavy atom. The van der Waals surface area contributed by atoms with E-state index in [1.165, 1.54) is 6.07 Å². The molecule has 1 amide bonds. The lowest BCUT2D eigenvalue weighted by atomic mass is 10.1. The van der Waals surface area contributed by atoms with E-state index in [9.17, 15) is 22.8 Å². The van der Waals surface area contributed by atoms with Crippen LogP contribution in [0.4, 0.5) is 18.9 Å². The molecule has 0 saturated carbocycles. The lowest BCUT2D eigenvalue weighted by molar-refractivity contribution is -0.137. The molecule has 1 aliphatic heterocycles. The summed E-state index contributed by atoms with van der Waals surface area (Å²) in [5, 5.41) is 0. The molecule has 0 atom stereocenters. The van der Waals surface area contributed by atoms with Crippen LogP contribution in [0, 0.1) is 0 Å². The van der Waals surface area contributed by atoms with Gasteiger partial charge in [0.1, 0.15) is 0 Å². The number of Topliss-reactive ketones (excluding diaryl/α,β-unsaturated/α-hetero) is 1. The second-order valence-corrected chi connectivity index (χ2v) is 6.76. The van der Waals surface area contributed by atoms with Crippen LogP contribution < -0.4 is 4.90 Å². The Labute approximate surface area is 146 Å². The number of rotatable bonds is 4. The van der Waals surface area contributed by atoms with Crippen LogP contribution in [-0.2, 0) is 17.4 Å². The van der Waals surface area contributed by atoms with E-state index in [1.54, 1.807) is 36.2 Å². The van der Waals surface area contributed by atoms with Gasteiger partial charge in [-0.1, -0.05) is 6.07 Å². The molecule has 1 heterocycles. The van der Waals surface area contributed by atoms with Gasteiger partial charge in [-0.3, -0.25) is 9.59 Å². The molecule has 2 aromatic rings. The van der Waals surface area contributed by atoms with E-state index >= 15 is 0 Å². The summed E-state index contributed by atoms with van der Waals surface area (Å²) in [6.45, 7) is 0. The summed E-state index contributed by atoms with van der Waals surface area (Å²) in [5.41, 5.74) is 1.31. The van der Waals surface area contributed by atoms with Gasteiger partial charge in [0, 0.05) is 23.2 Å². The lowest BCUT2D eigenvalue weighted by Gasteiger charge is -2.10. The van der Waals surface area contributed by atoms with E-state index in [1.807, 2.05) is 0 Å². The fourth-order valence-corrected chi connectivity index (χ4v) is 3.49. The zero-order chi connectivity index (χ0) is 18.2. The first kappa shape index (κ1) is 17.5. The fraction of sp³-hybridized carbons (Fsp3) is 0.222. The van der Waals surface area contributed by atoms with Gasteiger partial charge >= 0.3 is 6.18 Å². The molecular formula is C18H14F3NO2S. The maximum absolute atomic E-state index is 12.7. The zero-order valence-corrected chi connectivity index (χ0v) is 14.1. The molecule has 3 nitrogen and oxygen atoms in total. The van der Waals surface area contributed by atoms with Crippen molar-refractivity contribution >= 4 is 29.1 Å². The van der Waals surface area contributed by atoms with Crippen LogP contribution >= 0.6 is 11.8 Å². The number of carbonyl (C=O) groups excluding carboxylic acids is 2. The number of amides is 1. The number of hydrogen-bond acceptors (Lipinski definition) is 3. The molecule has 25 heavy (non-hydrogen) atoms. The van der Waals surface area contributed by atoms with Crippen LogP contribution in [0.15, 0.2) is 47.4 Å². The Kier molecular flexibility index (Phi) is 4.60. The van der Waals surface area contributed by atoms with Crippen molar-refractivity contribution in [2.75, 3.05) is 17.7 Å². The number of anilines is 1. The smallest absolute Gasteiger partial charge is 0.315 e. The maximum atomic E-state index is 12.7. The third-order valence-electron chi connectivity index (χ3n) is 4.01. The fourth-order valence-electron chi connectivity index (χ4n) is 2.64. The van der Waals surface area contributed by atoms with E-state index < -0.39 is 11.7 Å². The Morgan fingerprint density at radius 3 is 2.68 bits per heavy atom. The van der Waals surface area contributed by atoms with Gasteiger partial charge in [0.15, 0.2) is 5.78 Å². The summed E-state index contributed by atoms with van der Waals surface area (Å²) in [5.74, 6) is -0.186. The second-order valence-electron chi connectivity index (χ2n) is 5.71. The number of fused-ring (bicyclic) bond motifs is 1. The molecule has 0 bridgehead atoms. The summed E-state index contributed by atoms with van der Waals surface area (Å²) in [4.78, 5) is 25.9. The SMILES string of the molecule is CN1C(=O)Cc2cc(C(=O)CSc3cccc(C(F)(F)F)c3)ccc21. The predicted molar refractivity (Wildman–Crippen MR) is 90.1 cm³/mol. The summed E-state index contributed by atoms with van der Waals surface area (Å²) >= 11 is 1.06. The molecule has 0 radical (unpaired) electrons. The third kappa shape index (κ3) is 3.71. The molecule has 0 aromatic heterocycles. The minimum absolute atomic E-state index is 0.0297. The molecule has 0 aliphatic carbocycles. The normalized spacial score (nSPS) is 13.9. The number of nitrogens with zero attached hydrogens (tertiary/aromatic N) is 1. The number of benzene rings is 2. The first-order valence-corrected chi connectivity index (χ1v) is 8.47. The summed E-state index contributed by atoms with van der Waals surface area (Å²) in [6, 6.07) is 9.96. The van der Waals surface area contributed by atoms with Crippen LogP contribution in [0.2, 0.25) is 0 Å². The molecule has 0 unspecified atom stereocenters. The monoisotopic (exact) mass is 365 g/mol. The van der Waals surface area contributed by atoms with E-state index in [2.05, 4.69) is 0 Å². The molecule has 3 rings (SSSR count). The van der Waals surface area contributed by atoms with Crippen molar-refractivity contribution in [3.63, 3.8) is 0 Å². The van der Waals surface area contributed by atoms with E-state index in [0.717, 1.165) is 35.1 Å². The number of thioether (sulfide) groups is 1. The van der Waals surface area contributed by atoms with Crippen LogP contribution in [0.1, 0.15) is 21.5 Å². The molecule has 1 aliphatic rings. The van der Waals surface area contributed by atoms with Crippen LogP contribution in [-0.4, -0.2) is 24.5 Å². The highest BCUT2D eigenvalue weighted by Gasteiger charge is 2.30. The first-order valence-electron chi connectivity index (χ1n) is 7.48. The first-order chi connectivity index (χ1) is 11.8. The highest BCUT2D eigenvalue weighted by atomic mass is 32.2. The van der Waals surface area contributed by atoms with Gasteiger partial charge < -0.3 is 4.90 Å². The second kappa shape index (κ2) is 6.55. The van der Waals surface area contributed by atoms with Crippen molar-refractivity contribution in [3.8, 4) is 0 Å². The lowest BCUT2D eigenvalue weighted by Crippen LogP contribution is -2.20. The van der Waals surface area contributed by atoms with E-state index in [4.69, 9.17) is 0 Å². The quantitative estimate of drug-likeness (QED) is 0.602. The van der Waals surface area contributed by atoms with Gasteiger partial charge in [-0.2, -0.15) is 13.2 Å². The predicted octanol–water partition coefficient (Wildman–Crippen LogP) is 4.20. The summed E-state index contributed by atoms with van der Waals surface area (Å²) in [6.07, 6.45) is -4.15. The van der Waals surface area contributed by atoms with Crippen molar-refractivity contribution in [2.45, 2.75) is 17.5 Å². The minimum atomic E-state index is -4.40. The molecular weight excluding hydrogens is 351 g/mol. The number of ketones is 1. The molecule has 0 fully saturated rings. The summed E-state index contributed by atoms with van der Waals surface area (Å²) < 4.78 is 38.1. The van der Waals surface area contributed by atoms with Crippen molar-refractivity contribution in [2.24, 2.45) is 0 Å². The van der Waals surface area contributed by atoms with Crippen LogP contribution in [0.5, 0.6) is 0 Å². The standard InChI is InChI=1S/C18H14F3NO2S/c1-22-15-6-5-11(7-12(15)8-17(22)24)16(23)10-25-14-4-2-3-13(9-14)18(19,20)21/h2-7,9H,8,10H2,1H3. The van der Waals surface area contributed by atoms with Gasteiger partial charge in [0.25, 0.3) is 0 Å². The average molecular weight is 365 g/mol. The van der Waals surface area contributed by atoms with Gasteiger partial charge in [-0.25, -0.2) is 0 Å². The molecule has 7 heteroatoms. The minimum Gasteiger partial charge on any atom is -0.315 e. The number of likely N-dealkylation sites (N-methyl/N-ethyl adjacent to an activating group) is 1. The topological polar surface area (TPSA) is 37.4 Å². The van der Waals surface area contributed by atoms with Crippen molar-refractivity contribution < 1.29 is 22.8 Å². The van der Waals surface area contributed by atoms with Crippen molar-refractivity contribution in [3.05, 3.63) is 59.2 Å². The summed E-state index contributed by atoms with van der Waals surface area (Å²) in [7, 11) is 1.68.